The van der Waals surface area contributed by atoms with Crippen LogP contribution in [0.25, 0.3) is 11.3 Å². The Kier molecular flexibility index (Phi) is 5.08. The van der Waals surface area contributed by atoms with Gasteiger partial charge in [0.25, 0.3) is 11.7 Å². The Morgan fingerprint density at radius 3 is 2.59 bits per heavy atom. The average Bonchev–Trinajstić information content (AvgIpc) is 3.26. The number of fused-ring (bicyclic) bond motifs is 1. The molecule has 4 rings (SSSR count). The summed E-state index contributed by atoms with van der Waals surface area (Å²) in [5, 5.41) is 3.04. The summed E-state index contributed by atoms with van der Waals surface area (Å²) in [5.41, 5.74) is 0.832. The third-order valence-corrected chi connectivity index (χ3v) is 5.21. The van der Waals surface area contributed by atoms with E-state index in [1.807, 2.05) is 22.9 Å². The van der Waals surface area contributed by atoms with E-state index in [2.05, 4.69) is 9.88 Å². The maximum atomic E-state index is 13.2. The fourth-order valence-corrected chi connectivity index (χ4v) is 3.81. The number of carbonyl (C=O) groups excluding carboxylic acids is 1. The predicted octanol–water partition coefficient (Wildman–Crippen LogP) is 4.70. The number of nitrogens with zero attached hydrogens (tertiary/aromatic N) is 2. The van der Waals surface area contributed by atoms with Gasteiger partial charge in [0.15, 0.2) is 12.2 Å². The minimum Gasteiger partial charge on any atom is -0.322 e. The molecule has 0 saturated carbocycles. The van der Waals surface area contributed by atoms with Crippen LogP contribution in [0, 0.1) is 0 Å². The molecule has 0 bridgehead atoms. The first-order valence-electron chi connectivity index (χ1n) is 9.17. The summed E-state index contributed by atoms with van der Waals surface area (Å²) in [6.45, 7) is 0.772. The summed E-state index contributed by atoms with van der Waals surface area (Å²) in [6, 6.07) is 12.4. The highest BCUT2D eigenvalue weighted by molar-refractivity contribution is 6.30. The molecule has 1 aromatic heterocycles. The molecular weight excluding hydrogens is 403 g/mol. The van der Waals surface area contributed by atoms with Crippen LogP contribution in [0.2, 0.25) is 5.02 Å². The lowest BCUT2D eigenvalue weighted by Gasteiger charge is -2.13. The van der Waals surface area contributed by atoms with Gasteiger partial charge >= 0.3 is 6.18 Å². The number of aromatic nitrogens is 2. The van der Waals surface area contributed by atoms with Gasteiger partial charge in [-0.3, -0.25) is 4.79 Å². The molecule has 8 heteroatoms. The van der Waals surface area contributed by atoms with E-state index in [0.29, 0.717) is 5.02 Å². The topological polar surface area (TPSA) is 37.9 Å². The highest BCUT2D eigenvalue weighted by Gasteiger charge is 2.34. The molecule has 0 unspecified atom stereocenters. The highest BCUT2D eigenvalue weighted by atomic mass is 35.5. The molecule has 150 valence electrons. The Morgan fingerprint density at radius 1 is 1.14 bits per heavy atom. The maximum Gasteiger partial charge on any atom is 0.418 e. The van der Waals surface area contributed by atoms with E-state index >= 15 is 0 Å². The molecule has 0 aliphatic carbocycles. The summed E-state index contributed by atoms with van der Waals surface area (Å²) in [7, 11) is 0. The van der Waals surface area contributed by atoms with Crippen LogP contribution in [0.15, 0.2) is 54.7 Å². The molecule has 1 amide bonds. The number of para-hydroxylation sites is 1. The molecule has 0 radical (unpaired) electrons. The third kappa shape index (κ3) is 4.00. The van der Waals surface area contributed by atoms with Crippen molar-refractivity contribution in [2.24, 2.45) is 0 Å². The Morgan fingerprint density at radius 2 is 1.86 bits per heavy atom. The van der Waals surface area contributed by atoms with Crippen LogP contribution in [0.3, 0.4) is 0 Å². The van der Waals surface area contributed by atoms with Crippen molar-refractivity contribution in [2.75, 3.05) is 5.32 Å². The summed E-state index contributed by atoms with van der Waals surface area (Å²) in [4.78, 5) is 12.5. The van der Waals surface area contributed by atoms with Crippen molar-refractivity contribution in [2.45, 2.75) is 32.1 Å². The van der Waals surface area contributed by atoms with Crippen molar-refractivity contribution >= 4 is 23.2 Å². The van der Waals surface area contributed by atoms with E-state index in [1.165, 1.54) is 18.2 Å². The minimum absolute atomic E-state index is 0.0604. The van der Waals surface area contributed by atoms with Gasteiger partial charge in [-0.25, -0.2) is 9.13 Å². The molecule has 29 heavy (non-hydrogen) atoms. The van der Waals surface area contributed by atoms with Crippen LogP contribution >= 0.6 is 11.6 Å². The molecule has 1 N–H and O–H groups in total. The van der Waals surface area contributed by atoms with Gasteiger partial charge in [-0.05, 0) is 42.8 Å². The lowest BCUT2D eigenvalue weighted by atomic mass is 10.1. The second kappa shape index (κ2) is 7.55. The number of alkyl halides is 3. The zero-order valence-corrected chi connectivity index (χ0v) is 16.1. The predicted molar refractivity (Wildman–Crippen MR) is 103 cm³/mol. The van der Waals surface area contributed by atoms with E-state index in [9.17, 15) is 18.0 Å². The number of carbonyl (C=O) groups is 1. The molecule has 0 atom stereocenters. The number of halogens is 4. The van der Waals surface area contributed by atoms with E-state index in [-0.39, 0.29) is 12.2 Å². The molecule has 4 nitrogen and oxygen atoms in total. The Labute approximate surface area is 170 Å². The van der Waals surface area contributed by atoms with Gasteiger partial charge in [-0.1, -0.05) is 23.7 Å². The standard InChI is InChI=1S/C21H17ClF3N3O/c22-15-9-7-14(8-10-15)18-12-27(20-6-3-11-28(18)20)13-19(29)26-17-5-2-1-4-16(17)21(23,24)25/h1-2,4-5,7-10,12H,3,6,11,13H2/p+1. The number of amides is 1. The Hall–Kier alpha value is -2.80. The Balaban J connectivity index is 1.59. The maximum absolute atomic E-state index is 13.2. The zero-order valence-electron chi connectivity index (χ0n) is 15.3. The van der Waals surface area contributed by atoms with Gasteiger partial charge < -0.3 is 5.32 Å². The number of benzene rings is 2. The van der Waals surface area contributed by atoms with Crippen molar-refractivity contribution in [3.63, 3.8) is 0 Å². The van der Waals surface area contributed by atoms with Crippen LogP contribution < -0.4 is 9.88 Å². The third-order valence-electron chi connectivity index (χ3n) is 4.95. The first-order valence-corrected chi connectivity index (χ1v) is 9.54. The largest absolute Gasteiger partial charge is 0.418 e. The van der Waals surface area contributed by atoms with Crippen LogP contribution in [0.1, 0.15) is 17.8 Å². The van der Waals surface area contributed by atoms with Crippen molar-refractivity contribution in [1.29, 1.82) is 0 Å². The molecular formula is C21H18ClF3N3O+. The molecule has 1 aliphatic rings. The van der Waals surface area contributed by atoms with E-state index in [4.69, 9.17) is 11.6 Å². The summed E-state index contributed by atoms with van der Waals surface area (Å²) < 4.78 is 43.4. The van der Waals surface area contributed by atoms with E-state index < -0.39 is 17.6 Å². The van der Waals surface area contributed by atoms with Crippen LogP contribution in [-0.2, 0) is 30.5 Å². The van der Waals surface area contributed by atoms with Gasteiger partial charge in [0.2, 0.25) is 0 Å². The van der Waals surface area contributed by atoms with E-state index in [0.717, 1.165) is 42.5 Å². The summed E-state index contributed by atoms with van der Waals surface area (Å²) in [5.74, 6) is 0.476. The first kappa shape index (κ1) is 19.5. The molecule has 2 aromatic carbocycles. The van der Waals surface area contributed by atoms with Gasteiger partial charge in [0.05, 0.1) is 24.2 Å². The lowest BCUT2D eigenvalue weighted by Crippen LogP contribution is -2.42. The van der Waals surface area contributed by atoms with Crippen LogP contribution in [-0.4, -0.2) is 10.5 Å². The number of rotatable bonds is 4. The SMILES string of the molecule is O=C(C[n+]1cc(-c2ccc(Cl)cc2)n2c1CCC2)Nc1ccccc1C(F)(F)F. The van der Waals surface area contributed by atoms with Crippen molar-refractivity contribution < 1.29 is 22.5 Å². The lowest BCUT2D eigenvalue weighted by molar-refractivity contribution is -0.690. The molecule has 2 heterocycles. The second-order valence-electron chi connectivity index (χ2n) is 6.91. The van der Waals surface area contributed by atoms with Crippen LogP contribution in [0.5, 0.6) is 0 Å². The molecule has 3 aromatic rings. The smallest absolute Gasteiger partial charge is 0.322 e. The van der Waals surface area contributed by atoms with E-state index in [1.54, 1.807) is 12.1 Å². The highest BCUT2D eigenvalue weighted by Crippen LogP contribution is 2.34. The quantitative estimate of drug-likeness (QED) is 0.610. The number of anilines is 1. The Bertz CT molecular complexity index is 1060. The van der Waals surface area contributed by atoms with Crippen molar-refractivity contribution in [1.82, 2.24) is 4.57 Å². The number of hydrogen-bond donors (Lipinski definition) is 1. The summed E-state index contributed by atoms with van der Waals surface area (Å²) in [6.07, 6.45) is -0.904. The van der Waals surface area contributed by atoms with Gasteiger partial charge in [0.1, 0.15) is 6.20 Å². The normalized spacial score (nSPS) is 13.4. The molecule has 0 saturated heterocycles. The van der Waals surface area contributed by atoms with Crippen molar-refractivity contribution in [3.05, 3.63) is 71.1 Å². The fraction of sp³-hybridized carbons (Fsp3) is 0.238. The monoisotopic (exact) mass is 420 g/mol. The second-order valence-corrected chi connectivity index (χ2v) is 7.35. The molecule has 0 fully saturated rings. The zero-order chi connectivity index (χ0) is 20.6. The number of hydrogen-bond acceptors (Lipinski definition) is 1. The minimum atomic E-state index is -4.53. The summed E-state index contributed by atoms with van der Waals surface area (Å²) >= 11 is 5.97. The van der Waals surface area contributed by atoms with Gasteiger partial charge in [0, 0.05) is 10.6 Å². The first-order chi connectivity index (χ1) is 13.8. The van der Waals surface area contributed by atoms with Gasteiger partial charge in [-0.15, -0.1) is 0 Å². The van der Waals surface area contributed by atoms with Crippen molar-refractivity contribution in [3.8, 4) is 11.3 Å². The number of nitrogens with one attached hydrogen (secondary N) is 1. The fourth-order valence-electron chi connectivity index (χ4n) is 3.68. The van der Waals surface area contributed by atoms with Gasteiger partial charge in [-0.2, -0.15) is 13.2 Å². The average molecular weight is 421 g/mol. The molecule has 1 aliphatic heterocycles. The molecule has 0 spiro atoms. The number of imidazole rings is 1. The van der Waals surface area contributed by atoms with Crippen LogP contribution in [0.4, 0.5) is 18.9 Å².